The largest absolute Gasteiger partial charge is 0.504 e. The highest BCUT2D eigenvalue weighted by Gasteiger charge is 2.20. The van der Waals surface area contributed by atoms with Crippen LogP contribution in [0.3, 0.4) is 0 Å². The van der Waals surface area contributed by atoms with Gasteiger partial charge in [-0.2, -0.15) is 0 Å². The number of aromatic hydroxyl groups is 1. The summed E-state index contributed by atoms with van der Waals surface area (Å²) in [5.41, 5.74) is 0.245. The molecule has 2 aromatic heterocycles. The molecule has 4 aromatic rings. The van der Waals surface area contributed by atoms with Gasteiger partial charge < -0.3 is 23.7 Å². The van der Waals surface area contributed by atoms with Crippen molar-refractivity contribution in [3.05, 3.63) is 82.5 Å². The van der Waals surface area contributed by atoms with Gasteiger partial charge in [-0.15, -0.1) is 0 Å². The van der Waals surface area contributed by atoms with Crippen LogP contribution < -0.4 is 19.6 Å². The molecule has 152 valence electrons. The molecular weight excluding hydrogens is 393 g/mol. The molecule has 0 bridgehead atoms. The number of rotatable bonds is 6. The van der Waals surface area contributed by atoms with Crippen molar-refractivity contribution in [1.29, 1.82) is 0 Å². The minimum absolute atomic E-state index is 0.0142. The molecule has 4 rings (SSSR count). The molecule has 7 nitrogen and oxygen atoms in total. The summed E-state index contributed by atoms with van der Waals surface area (Å²) in [6.07, 6.45) is 3.07. The smallest absolute Gasteiger partial charge is 0.294 e. The Morgan fingerprint density at radius 3 is 2.53 bits per heavy atom. The molecule has 2 aromatic carbocycles. The van der Waals surface area contributed by atoms with E-state index in [-0.39, 0.29) is 40.8 Å². The Labute approximate surface area is 169 Å². The van der Waals surface area contributed by atoms with Crippen LogP contribution in [0.5, 0.6) is 28.9 Å². The number of benzene rings is 2. The van der Waals surface area contributed by atoms with Crippen molar-refractivity contribution in [3.63, 3.8) is 0 Å². The van der Waals surface area contributed by atoms with Gasteiger partial charge >= 0.3 is 0 Å². The molecular formula is C22H16FNO6. The molecule has 0 unspecified atom stereocenters. The number of halogens is 1. The topological polar surface area (TPSA) is 91.0 Å². The van der Waals surface area contributed by atoms with E-state index in [2.05, 4.69) is 4.98 Å². The maximum Gasteiger partial charge on any atom is 0.294 e. The molecule has 0 saturated carbocycles. The molecule has 1 N–H and O–H groups in total. The first-order valence-corrected chi connectivity index (χ1v) is 8.88. The standard InChI is InChI=1S/C22H16FNO6/c1-27-22-18(28-12-13-2-4-14(23)5-3-13)11-17-20(21(22)26)16(25)10-19(30-17)29-15-6-8-24-9-7-15/h2-11,26H,12H2,1H3. The molecule has 2 heterocycles. The number of phenols is 1. The summed E-state index contributed by atoms with van der Waals surface area (Å²) in [6.45, 7) is 0.0824. The van der Waals surface area contributed by atoms with Crippen molar-refractivity contribution in [2.24, 2.45) is 0 Å². The third-order valence-corrected chi connectivity index (χ3v) is 4.27. The molecule has 0 aliphatic carbocycles. The Balaban J connectivity index is 1.72. The molecule has 0 aliphatic heterocycles. The van der Waals surface area contributed by atoms with Crippen molar-refractivity contribution in [3.8, 4) is 28.9 Å². The van der Waals surface area contributed by atoms with Crippen LogP contribution in [0.25, 0.3) is 11.0 Å². The summed E-state index contributed by atoms with van der Waals surface area (Å²) in [5, 5.41) is 10.5. The first-order valence-electron chi connectivity index (χ1n) is 8.88. The summed E-state index contributed by atoms with van der Waals surface area (Å²) in [5.74, 6) is -0.266. The van der Waals surface area contributed by atoms with E-state index in [4.69, 9.17) is 18.6 Å². The molecule has 0 amide bonds. The van der Waals surface area contributed by atoms with Crippen LogP contribution in [0.1, 0.15) is 5.56 Å². The highest BCUT2D eigenvalue weighted by Crippen LogP contribution is 2.42. The van der Waals surface area contributed by atoms with Crippen molar-refractivity contribution in [1.82, 2.24) is 4.98 Å². The normalized spacial score (nSPS) is 10.7. The van der Waals surface area contributed by atoms with Gasteiger partial charge in [0.25, 0.3) is 5.95 Å². The third-order valence-electron chi connectivity index (χ3n) is 4.27. The first kappa shape index (κ1) is 19.3. The second-order valence-corrected chi connectivity index (χ2v) is 6.26. The van der Waals surface area contributed by atoms with Gasteiger partial charge in [-0.25, -0.2) is 4.39 Å². The van der Waals surface area contributed by atoms with Gasteiger partial charge in [-0.05, 0) is 29.8 Å². The van der Waals surface area contributed by atoms with Gasteiger partial charge in [0.2, 0.25) is 11.2 Å². The number of hydrogen-bond donors (Lipinski definition) is 1. The Bertz CT molecular complexity index is 1240. The van der Waals surface area contributed by atoms with E-state index in [1.807, 2.05) is 0 Å². The molecule has 0 atom stereocenters. The number of ether oxygens (including phenoxy) is 3. The minimum atomic E-state index is -0.513. The Hall–Kier alpha value is -4.07. The van der Waals surface area contributed by atoms with Gasteiger partial charge in [0.05, 0.1) is 13.2 Å². The van der Waals surface area contributed by atoms with E-state index in [0.29, 0.717) is 11.3 Å². The predicted octanol–water partition coefficient (Wildman–Crippen LogP) is 4.41. The van der Waals surface area contributed by atoms with Crippen LogP contribution in [-0.2, 0) is 6.61 Å². The maximum absolute atomic E-state index is 13.1. The third kappa shape index (κ3) is 3.88. The van der Waals surface area contributed by atoms with Crippen molar-refractivity contribution >= 4 is 11.0 Å². The fourth-order valence-corrected chi connectivity index (χ4v) is 2.86. The number of methoxy groups -OCH3 is 1. The molecule has 30 heavy (non-hydrogen) atoms. The first-order chi connectivity index (χ1) is 14.5. The summed E-state index contributed by atoms with van der Waals surface area (Å²) in [4.78, 5) is 16.4. The summed E-state index contributed by atoms with van der Waals surface area (Å²) < 4.78 is 35.2. The molecule has 0 radical (unpaired) electrons. The lowest BCUT2D eigenvalue weighted by Crippen LogP contribution is -2.04. The monoisotopic (exact) mass is 409 g/mol. The number of fused-ring (bicyclic) bond motifs is 1. The Morgan fingerprint density at radius 1 is 1.10 bits per heavy atom. The summed E-state index contributed by atoms with van der Waals surface area (Å²) in [6, 6.07) is 11.5. The highest BCUT2D eigenvalue weighted by atomic mass is 19.1. The number of phenolic OH excluding ortho intramolecular Hbond substituents is 1. The molecule has 8 heteroatoms. The molecule has 0 spiro atoms. The van der Waals surface area contributed by atoms with Gasteiger partial charge in [0.1, 0.15) is 29.1 Å². The van der Waals surface area contributed by atoms with Crippen molar-refractivity contribution in [2.75, 3.05) is 7.11 Å². The zero-order chi connectivity index (χ0) is 21.1. The van der Waals surface area contributed by atoms with E-state index in [9.17, 15) is 14.3 Å². The minimum Gasteiger partial charge on any atom is -0.504 e. The Morgan fingerprint density at radius 2 is 1.83 bits per heavy atom. The van der Waals surface area contributed by atoms with E-state index in [1.165, 1.54) is 37.7 Å². The highest BCUT2D eigenvalue weighted by molar-refractivity contribution is 5.88. The lowest BCUT2D eigenvalue weighted by atomic mass is 10.1. The average Bonchev–Trinajstić information content (AvgIpc) is 2.74. The van der Waals surface area contributed by atoms with Crippen LogP contribution in [0.15, 0.2) is 70.1 Å². The molecule has 0 fully saturated rings. The van der Waals surface area contributed by atoms with Crippen LogP contribution in [0, 0.1) is 5.82 Å². The van der Waals surface area contributed by atoms with E-state index in [0.717, 1.165) is 6.07 Å². The number of aromatic nitrogens is 1. The lowest BCUT2D eigenvalue weighted by Gasteiger charge is -2.14. The van der Waals surface area contributed by atoms with E-state index < -0.39 is 11.2 Å². The summed E-state index contributed by atoms with van der Waals surface area (Å²) >= 11 is 0. The van der Waals surface area contributed by atoms with Crippen molar-refractivity contribution < 1.29 is 28.1 Å². The number of hydrogen-bond acceptors (Lipinski definition) is 7. The van der Waals surface area contributed by atoms with Crippen LogP contribution >= 0.6 is 0 Å². The quantitative estimate of drug-likeness (QED) is 0.504. The van der Waals surface area contributed by atoms with E-state index >= 15 is 0 Å². The average molecular weight is 409 g/mol. The number of nitrogens with zero attached hydrogens (tertiary/aromatic N) is 1. The fraction of sp³-hybridized carbons (Fsp3) is 0.0909. The second-order valence-electron chi connectivity index (χ2n) is 6.26. The van der Waals surface area contributed by atoms with Crippen LogP contribution in [0.2, 0.25) is 0 Å². The zero-order valence-corrected chi connectivity index (χ0v) is 15.8. The van der Waals surface area contributed by atoms with Gasteiger partial charge in [0.15, 0.2) is 11.5 Å². The van der Waals surface area contributed by atoms with Gasteiger partial charge in [-0.3, -0.25) is 9.78 Å². The van der Waals surface area contributed by atoms with Crippen LogP contribution in [0.4, 0.5) is 4.39 Å². The maximum atomic E-state index is 13.1. The zero-order valence-electron chi connectivity index (χ0n) is 15.8. The lowest BCUT2D eigenvalue weighted by molar-refractivity contribution is 0.277. The predicted molar refractivity (Wildman–Crippen MR) is 106 cm³/mol. The van der Waals surface area contributed by atoms with Crippen LogP contribution in [-0.4, -0.2) is 17.2 Å². The summed E-state index contributed by atoms with van der Waals surface area (Å²) in [7, 11) is 1.34. The van der Waals surface area contributed by atoms with Gasteiger partial charge in [0, 0.05) is 18.5 Å². The van der Waals surface area contributed by atoms with Crippen molar-refractivity contribution in [2.45, 2.75) is 6.61 Å². The fourth-order valence-electron chi connectivity index (χ4n) is 2.86. The Kier molecular flexibility index (Phi) is 5.21. The number of pyridine rings is 1. The SMILES string of the molecule is COc1c(OCc2ccc(F)cc2)cc2oc(Oc3ccncc3)cc(=O)c2c1O. The molecule has 0 saturated heterocycles. The molecule has 0 aliphatic rings. The van der Waals surface area contributed by atoms with Gasteiger partial charge in [-0.1, -0.05) is 12.1 Å². The van der Waals surface area contributed by atoms with E-state index in [1.54, 1.807) is 24.3 Å². The second kappa shape index (κ2) is 8.12.